The van der Waals surface area contributed by atoms with Crippen molar-refractivity contribution in [2.45, 2.75) is 0 Å². The Kier molecular flexibility index (Phi) is 4.04. The third-order valence-electron chi connectivity index (χ3n) is 3.17. The van der Waals surface area contributed by atoms with Gasteiger partial charge >= 0.3 is 6.09 Å². The summed E-state index contributed by atoms with van der Waals surface area (Å²) in [4.78, 5) is 11.9. The van der Waals surface area contributed by atoms with Gasteiger partial charge in [-0.25, -0.2) is 4.79 Å². The number of hydrogen-bond donors (Lipinski definition) is 1. The highest BCUT2D eigenvalue weighted by atomic mass is 79.9. The lowest BCUT2D eigenvalue weighted by Gasteiger charge is -2.02. The van der Waals surface area contributed by atoms with Crippen LogP contribution in [0.3, 0.4) is 0 Å². The fourth-order valence-corrected chi connectivity index (χ4v) is 4.23. The summed E-state index contributed by atoms with van der Waals surface area (Å²) in [6.07, 6.45) is -0.814. The summed E-state index contributed by atoms with van der Waals surface area (Å²) in [5.74, 6) is 1.26. The second-order valence-electron chi connectivity index (χ2n) is 4.55. The number of amides is 1. The molecule has 0 radical (unpaired) electrons. The molecule has 112 valence electrons. The minimum atomic E-state index is -0.814. The molecule has 0 aliphatic carbocycles. The maximum absolute atomic E-state index is 10.8. The van der Waals surface area contributed by atoms with Crippen LogP contribution >= 0.6 is 27.3 Å². The second kappa shape index (κ2) is 5.98. The van der Waals surface area contributed by atoms with E-state index in [-0.39, 0.29) is 0 Å². The average molecular weight is 378 g/mol. The lowest BCUT2D eigenvalue weighted by atomic mass is 10.1. The van der Waals surface area contributed by atoms with Gasteiger partial charge in [0.25, 0.3) is 0 Å². The average Bonchev–Trinajstić information content (AvgIpc) is 2.83. The van der Waals surface area contributed by atoms with Crippen molar-refractivity contribution in [2.75, 3.05) is 7.11 Å². The van der Waals surface area contributed by atoms with Crippen molar-refractivity contribution in [1.29, 1.82) is 0 Å². The number of carbonyl (C=O) groups is 1. The summed E-state index contributed by atoms with van der Waals surface area (Å²) >= 11 is 5.26. The first kappa shape index (κ1) is 14.9. The van der Waals surface area contributed by atoms with E-state index >= 15 is 0 Å². The van der Waals surface area contributed by atoms with Crippen LogP contribution in [0.25, 0.3) is 20.5 Å². The standard InChI is InChI=1S/C16H12BrNO3S/c1-20-10-4-2-9(3-5-10)15-14(17)12-7-6-11(21-16(18)19)8-13(12)22-15/h2-8H,1H3,(H2,18,19). The number of halogens is 1. The molecule has 6 heteroatoms. The van der Waals surface area contributed by atoms with E-state index in [0.29, 0.717) is 5.75 Å². The molecule has 0 atom stereocenters. The van der Waals surface area contributed by atoms with Gasteiger partial charge in [-0.2, -0.15) is 0 Å². The molecule has 1 amide bonds. The predicted molar refractivity (Wildman–Crippen MR) is 91.7 cm³/mol. The second-order valence-corrected chi connectivity index (χ2v) is 6.40. The Labute approximate surface area is 139 Å². The first-order valence-corrected chi connectivity index (χ1v) is 8.03. The molecule has 0 spiro atoms. The highest BCUT2D eigenvalue weighted by Gasteiger charge is 2.13. The van der Waals surface area contributed by atoms with E-state index in [9.17, 15) is 4.79 Å². The monoisotopic (exact) mass is 377 g/mol. The Balaban J connectivity index is 2.06. The van der Waals surface area contributed by atoms with Crippen LogP contribution < -0.4 is 15.2 Å². The summed E-state index contributed by atoms with van der Waals surface area (Å²) in [5, 5.41) is 1.06. The number of ether oxygens (including phenoxy) is 2. The smallest absolute Gasteiger partial charge is 0.409 e. The highest BCUT2D eigenvalue weighted by molar-refractivity contribution is 9.10. The van der Waals surface area contributed by atoms with Gasteiger partial charge in [0.05, 0.1) is 7.11 Å². The fourth-order valence-electron chi connectivity index (χ4n) is 2.15. The summed E-state index contributed by atoms with van der Waals surface area (Å²) < 4.78 is 12.1. The number of benzene rings is 2. The molecular weight excluding hydrogens is 366 g/mol. The van der Waals surface area contributed by atoms with E-state index < -0.39 is 6.09 Å². The van der Waals surface area contributed by atoms with Crippen LogP contribution in [0.2, 0.25) is 0 Å². The van der Waals surface area contributed by atoms with Crippen LogP contribution in [0, 0.1) is 0 Å². The number of primary amides is 1. The third-order valence-corrected chi connectivity index (χ3v) is 5.46. The van der Waals surface area contributed by atoms with Crippen molar-refractivity contribution >= 4 is 43.4 Å². The Morgan fingerprint density at radius 1 is 1.14 bits per heavy atom. The van der Waals surface area contributed by atoms with Gasteiger partial charge in [-0.15, -0.1) is 11.3 Å². The molecule has 0 aliphatic heterocycles. The maximum Gasteiger partial charge on any atom is 0.409 e. The number of rotatable bonds is 3. The molecule has 3 aromatic rings. The van der Waals surface area contributed by atoms with Gasteiger partial charge in [-0.05, 0) is 64.0 Å². The quantitative estimate of drug-likeness (QED) is 0.712. The molecule has 2 N–H and O–H groups in total. The Bertz CT molecular complexity index is 842. The summed E-state index contributed by atoms with van der Waals surface area (Å²) in [6, 6.07) is 13.3. The molecule has 0 bridgehead atoms. The van der Waals surface area contributed by atoms with Gasteiger partial charge in [0.2, 0.25) is 0 Å². The molecule has 1 aromatic heterocycles. The van der Waals surface area contributed by atoms with Crippen molar-refractivity contribution in [2.24, 2.45) is 5.73 Å². The van der Waals surface area contributed by atoms with Crippen molar-refractivity contribution in [3.63, 3.8) is 0 Å². The van der Waals surface area contributed by atoms with Crippen LogP contribution in [-0.2, 0) is 0 Å². The first-order valence-electron chi connectivity index (χ1n) is 6.42. The van der Waals surface area contributed by atoms with Gasteiger partial charge in [0.15, 0.2) is 0 Å². The Hall–Kier alpha value is -2.05. The minimum absolute atomic E-state index is 0.440. The molecule has 0 saturated carbocycles. The van der Waals surface area contributed by atoms with Gasteiger partial charge < -0.3 is 15.2 Å². The van der Waals surface area contributed by atoms with Crippen LogP contribution in [0.4, 0.5) is 4.79 Å². The van der Waals surface area contributed by atoms with Crippen LogP contribution in [0.15, 0.2) is 46.9 Å². The van der Waals surface area contributed by atoms with Crippen molar-refractivity contribution < 1.29 is 14.3 Å². The normalized spacial score (nSPS) is 10.6. The Morgan fingerprint density at radius 3 is 2.45 bits per heavy atom. The molecule has 1 heterocycles. The van der Waals surface area contributed by atoms with Crippen LogP contribution in [0.1, 0.15) is 0 Å². The zero-order valence-corrected chi connectivity index (χ0v) is 14.0. The largest absolute Gasteiger partial charge is 0.497 e. The topological polar surface area (TPSA) is 61.6 Å². The van der Waals surface area contributed by atoms with E-state index in [0.717, 1.165) is 30.7 Å². The van der Waals surface area contributed by atoms with Crippen molar-refractivity contribution in [3.8, 4) is 21.9 Å². The maximum atomic E-state index is 10.8. The lowest BCUT2D eigenvalue weighted by Crippen LogP contribution is -2.15. The molecule has 0 fully saturated rings. The SMILES string of the molecule is COc1ccc(-c2sc3cc(OC(N)=O)ccc3c2Br)cc1. The van der Waals surface area contributed by atoms with Gasteiger partial charge in [-0.1, -0.05) is 0 Å². The van der Waals surface area contributed by atoms with Gasteiger partial charge in [0.1, 0.15) is 11.5 Å². The number of nitrogens with two attached hydrogens (primary N) is 1. The zero-order chi connectivity index (χ0) is 15.7. The number of fused-ring (bicyclic) bond motifs is 1. The van der Waals surface area contributed by atoms with Crippen LogP contribution in [0.5, 0.6) is 11.5 Å². The molecule has 22 heavy (non-hydrogen) atoms. The van der Waals surface area contributed by atoms with Crippen LogP contribution in [-0.4, -0.2) is 13.2 Å². The van der Waals surface area contributed by atoms with Gasteiger partial charge in [0, 0.05) is 19.4 Å². The number of hydrogen-bond acceptors (Lipinski definition) is 4. The lowest BCUT2D eigenvalue weighted by molar-refractivity contribution is 0.211. The molecule has 3 rings (SSSR count). The third kappa shape index (κ3) is 2.80. The van der Waals surface area contributed by atoms with Crippen molar-refractivity contribution in [3.05, 3.63) is 46.9 Å². The molecule has 4 nitrogen and oxygen atoms in total. The van der Waals surface area contributed by atoms with E-state index in [2.05, 4.69) is 15.9 Å². The molecule has 0 aliphatic rings. The number of methoxy groups -OCH3 is 1. The van der Waals surface area contributed by atoms with E-state index in [1.807, 2.05) is 36.4 Å². The summed E-state index contributed by atoms with van der Waals surface area (Å²) in [5.41, 5.74) is 6.13. The molecule has 0 unspecified atom stereocenters. The first-order chi connectivity index (χ1) is 10.6. The van der Waals surface area contributed by atoms with Gasteiger partial charge in [-0.3, -0.25) is 0 Å². The Morgan fingerprint density at radius 2 is 1.82 bits per heavy atom. The minimum Gasteiger partial charge on any atom is -0.497 e. The highest BCUT2D eigenvalue weighted by Crippen LogP contribution is 2.43. The molecular formula is C16H12BrNO3S. The molecule has 0 saturated heterocycles. The van der Waals surface area contributed by atoms with E-state index in [1.54, 1.807) is 24.5 Å². The zero-order valence-electron chi connectivity index (χ0n) is 11.6. The van der Waals surface area contributed by atoms with E-state index in [4.69, 9.17) is 15.2 Å². The predicted octanol–water partition coefficient (Wildman–Crippen LogP) is 4.80. The number of thiophene rings is 1. The van der Waals surface area contributed by atoms with E-state index in [1.165, 1.54) is 0 Å². The number of carbonyl (C=O) groups excluding carboxylic acids is 1. The molecule has 2 aromatic carbocycles. The summed E-state index contributed by atoms with van der Waals surface area (Å²) in [7, 11) is 1.64. The fraction of sp³-hybridized carbons (Fsp3) is 0.0625. The summed E-state index contributed by atoms with van der Waals surface area (Å²) in [6.45, 7) is 0. The van der Waals surface area contributed by atoms with Crippen molar-refractivity contribution in [1.82, 2.24) is 0 Å².